The number of anilines is 1. The van der Waals surface area contributed by atoms with Gasteiger partial charge >= 0.3 is 0 Å². The average Bonchev–Trinajstić information content (AvgIpc) is 2.78. The minimum atomic E-state index is -0.197. The smallest absolute Gasteiger partial charge is 0.272 e. The van der Waals surface area contributed by atoms with Gasteiger partial charge in [-0.05, 0) is 46.1 Å². The number of likely N-dealkylation sites (N-methyl/N-ethyl adjacent to an activating group) is 1. The van der Waals surface area contributed by atoms with Gasteiger partial charge in [0.15, 0.2) is 5.69 Å². The first-order valence-electron chi connectivity index (χ1n) is 6.50. The van der Waals surface area contributed by atoms with Crippen molar-refractivity contribution in [3.63, 3.8) is 0 Å². The Balaban J connectivity index is 2.18. The molecule has 0 aliphatic carbocycles. The van der Waals surface area contributed by atoms with Crippen molar-refractivity contribution in [1.29, 1.82) is 0 Å². The van der Waals surface area contributed by atoms with E-state index in [0.29, 0.717) is 17.9 Å². The van der Waals surface area contributed by atoms with E-state index >= 15 is 0 Å². The zero-order chi connectivity index (χ0) is 14.9. The Morgan fingerprint density at radius 2 is 2.15 bits per heavy atom. The molecule has 6 heteroatoms. The molecule has 6 nitrogen and oxygen atoms in total. The Morgan fingerprint density at radius 1 is 1.45 bits per heavy atom. The lowest BCUT2D eigenvalue weighted by molar-refractivity contribution is 0.0916. The number of hydrogen-bond donors (Lipinski definition) is 3. The van der Waals surface area contributed by atoms with Crippen LogP contribution in [0.25, 0.3) is 10.9 Å². The minimum absolute atomic E-state index is 0.124. The average molecular weight is 275 g/mol. The SMILES string of the molecule is CN(C)C(C)(C)CNC(=O)c1n[nH]c2ccc(N)cc12. The van der Waals surface area contributed by atoms with E-state index in [0.717, 1.165) is 10.9 Å². The third-order valence-electron chi connectivity index (χ3n) is 3.69. The molecule has 0 saturated carbocycles. The number of carbonyl (C=O) groups excluding carboxylic acids is 1. The Labute approximate surface area is 118 Å². The van der Waals surface area contributed by atoms with Crippen molar-refractivity contribution in [2.75, 3.05) is 26.4 Å². The summed E-state index contributed by atoms with van der Waals surface area (Å²) < 4.78 is 0. The standard InChI is InChI=1S/C14H21N5O/c1-14(2,19(3)4)8-16-13(20)12-10-7-9(15)5-6-11(10)17-18-12/h5-7H,8,15H2,1-4H3,(H,16,20)(H,17,18). The molecule has 20 heavy (non-hydrogen) atoms. The molecule has 0 aliphatic heterocycles. The van der Waals surface area contributed by atoms with Crippen LogP contribution in [0.2, 0.25) is 0 Å². The van der Waals surface area contributed by atoms with Gasteiger partial charge in [-0.1, -0.05) is 0 Å². The van der Waals surface area contributed by atoms with E-state index in [1.165, 1.54) is 0 Å². The van der Waals surface area contributed by atoms with Crippen molar-refractivity contribution in [2.45, 2.75) is 19.4 Å². The summed E-state index contributed by atoms with van der Waals surface area (Å²) in [5, 5.41) is 10.6. The van der Waals surface area contributed by atoms with Gasteiger partial charge in [0.2, 0.25) is 0 Å². The van der Waals surface area contributed by atoms with Crippen molar-refractivity contribution in [2.24, 2.45) is 0 Å². The lowest BCUT2D eigenvalue weighted by Gasteiger charge is -2.32. The zero-order valence-corrected chi connectivity index (χ0v) is 12.3. The van der Waals surface area contributed by atoms with Crippen LogP contribution < -0.4 is 11.1 Å². The first-order valence-corrected chi connectivity index (χ1v) is 6.50. The third kappa shape index (κ3) is 2.75. The largest absolute Gasteiger partial charge is 0.399 e. The molecule has 0 radical (unpaired) electrons. The summed E-state index contributed by atoms with van der Waals surface area (Å²) in [6, 6.07) is 5.35. The van der Waals surface area contributed by atoms with Crippen molar-refractivity contribution in [1.82, 2.24) is 20.4 Å². The number of aromatic nitrogens is 2. The van der Waals surface area contributed by atoms with Crippen molar-refractivity contribution in [3.05, 3.63) is 23.9 Å². The number of hydrogen-bond acceptors (Lipinski definition) is 4. The Bertz CT molecular complexity index is 630. The number of nitrogens with two attached hydrogens (primary N) is 1. The molecule has 0 spiro atoms. The van der Waals surface area contributed by atoms with E-state index in [-0.39, 0.29) is 11.4 Å². The van der Waals surface area contributed by atoms with Gasteiger partial charge in [-0.25, -0.2) is 0 Å². The molecule has 2 rings (SSSR count). The molecular formula is C14H21N5O. The Kier molecular flexibility index (Phi) is 3.67. The maximum absolute atomic E-state index is 12.2. The number of benzene rings is 1. The van der Waals surface area contributed by atoms with Gasteiger partial charge in [0.1, 0.15) is 0 Å². The highest BCUT2D eigenvalue weighted by atomic mass is 16.1. The molecule has 1 aromatic heterocycles. The van der Waals surface area contributed by atoms with Crippen LogP contribution >= 0.6 is 0 Å². The van der Waals surface area contributed by atoms with Crippen LogP contribution in [0.1, 0.15) is 24.3 Å². The molecule has 4 N–H and O–H groups in total. The highest BCUT2D eigenvalue weighted by molar-refractivity contribution is 6.05. The summed E-state index contributed by atoms with van der Waals surface area (Å²) in [7, 11) is 3.97. The summed E-state index contributed by atoms with van der Waals surface area (Å²) in [6.07, 6.45) is 0. The number of rotatable bonds is 4. The predicted octanol–water partition coefficient (Wildman–Crippen LogP) is 1.22. The van der Waals surface area contributed by atoms with Crippen molar-refractivity contribution in [3.8, 4) is 0 Å². The van der Waals surface area contributed by atoms with Gasteiger partial charge in [-0.3, -0.25) is 9.89 Å². The number of aromatic amines is 1. The van der Waals surface area contributed by atoms with E-state index < -0.39 is 0 Å². The summed E-state index contributed by atoms with van der Waals surface area (Å²) >= 11 is 0. The van der Waals surface area contributed by atoms with Crippen molar-refractivity contribution < 1.29 is 4.79 Å². The lowest BCUT2D eigenvalue weighted by atomic mass is 10.0. The van der Waals surface area contributed by atoms with Gasteiger partial charge < -0.3 is 16.0 Å². The van der Waals surface area contributed by atoms with Crippen LogP contribution in [0.3, 0.4) is 0 Å². The number of H-pyrrole nitrogens is 1. The van der Waals surface area contributed by atoms with Crippen LogP contribution in [-0.4, -0.2) is 47.2 Å². The summed E-state index contributed by atoms with van der Waals surface area (Å²) in [6.45, 7) is 4.66. The van der Waals surface area contributed by atoms with Crippen LogP contribution in [-0.2, 0) is 0 Å². The Hall–Kier alpha value is -2.08. The van der Waals surface area contributed by atoms with E-state index in [1.807, 2.05) is 20.2 Å². The molecule has 2 aromatic rings. The molecule has 0 fully saturated rings. The highest BCUT2D eigenvalue weighted by Gasteiger charge is 2.22. The fraction of sp³-hybridized carbons (Fsp3) is 0.429. The van der Waals surface area contributed by atoms with Gasteiger partial charge in [-0.2, -0.15) is 5.10 Å². The second-order valence-corrected chi connectivity index (χ2v) is 5.77. The molecule has 0 unspecified atom stereocenters. The molecule has 1 aromatic carbocycles. The van der Waals surface area contributed by atoms with Crippen LogP contribution in [0.4, 0.5) is 5.69 Å². The second kappa shape index (κ2) is 5.13. The first-order chi connectivity index (χ1) is 9.31. The van der Waals surface area contributed by atoms with E-state index in [1.54, 1.807) is 12.1 Å². The molecule has 1 heterocycles. The Morgan fingerprint density at radius 3 is 2.80 bits per heavy atom. The number of fused-ring (bicyclic) bond motifs is 1. The molecule has 0 atom stereocenters. The monoisotopic (exact) mass is 275 g/mol. The summed E-state index contributed by atoms with van der Waals surface area (Å²) in [5.74, 6) is -0.197. The van der Waals surface area contributed by atoms with E-state index in [9.17, 15) is 4.79 Å². The summed E-state index contributed by atoms with van der Waals surface area (Å²) in [5.41, 5.74) is 7.42. The van der Waals surface area contributed by atoms with Gasteiger partial charge in [0.25, 0.3) is 5.91 Å². The van der Waals surface area contributed by atoms with Gasteiger partial charge in [-0.15, -0.1) is 0 Å². The fourth-order valence-electron chi connectivity index (χ4n) is 1.74. The maximum Gasteiger partial charge on any atom is 0.272 e. The van der Waals surface area contributed by atoms with Crippen LogP contribution in [0.15, 0.2) is 18.2 Å². The maximum atomic E-state index is 12.2. The van der Waals surface area contributed by atoms with Crippen LogP contribution in [0.5, 0.6) is 0 Å². The molecule has 0 aliphatic rings. The number of nitrogens with one attached hydrogen (secondary N) is 2. The molecule has 1 amide bonds. The molecule has 108 valence electrons. The number of nitrogen functional groups attached to an aromatic ring is 1. The number of amides is 1. The van der Waals surface area contributed by atoms with Crippen LogP contribution in [0, 0.1) is 0 Å². The first kappa shape index (κ1) is 14.3. The topological polar surface area (TPSA) is 87.0 Å². The molecule has 0 saturated heterocycles. The predicted molar refractivity (Wildman–Crippen MR) is 80.6 cm³/mol. The van der Waals surface area contributed by atoms with E-state index in [4.69, 9.17) is 5.73 Å². The third-order valence-corrected chi connectivity index (χ3v) is 3.69. The molecule has 0 bridgehead atoms. The molecular weight excluding hydrogens is 254 g/mol. The van der Waals surface area contributed by atoms with Gasteiger partial charge in [0.05, 0.1) is 5.52 Å². The zero-order valence-electron chi connectivity index (χ0n) is 12.3. The normalized spacial score (nSPS) is 12.1. The van der Waals surface area contributed by atoms with Gasteiger partial charge in [0, 0.05) is 23.2 Å². The van der Waals surface area contributed by atoms with Crippen molar-refractivity contribution >= 4 is 22.5 Å². The minimum Gasteiger partial charge on any atom is -0.399 e. The van der Waals surface area contributed by atoms with E-state index in [2.05, 4.69) is 34.3 Å². The second-order valence-electron chi connectivity index (χ2n) is 5.77. The quantitative estimate of drug-likeness (QED) is 0.732. The highest BCUT2D eigenvalue weighted by Crippen LogP contribution is 2.19. The summed E-state index contributed by atoms with van der Waals surface area (Å²) in [4.78, 5) is 14.3. The number of carbonyl (C=O) groups is 1. The fourth-order valence-corrected chi connectivity index (χ4v) is 1.74. The lowest BCUT2D eigenvalue weighted by Crippen LogP contribution is -2.48. The number of nitrogens with zero attached hydrogens (tertiary/aromatic N) is 2.